The van der Waals surface area contributed by atoms with E-state index in [1.54, 1.807) is 0 Å². The molecule has 1 saturated heterocycles. The Morgan fingerprint density at radius 3 is 2.38 bits per heavy atom. The molecule has 0 spiro atoms. The fraction of sp³-hybridized carbons (Fsp3) is 0.864. The van der Waals surface area contributed by atoms with Gasteiger partial charge in [0.05, 0.1) is 0 Å². The van der Waals surface area contributed by atoms with Gasteiger partial charge in [-0.2, -0.15) is 18.3 Å². The largest absolute Gasteiger partial charge is 0.435 e. The maximum atomic E-state index is 11.9. The Morgan fingerprint density at radius 2 is 1.84 bits per heavy atom. The molecule has 186 valence electrons. The van der Waals surface area contributed by atoms with Crippen molar-refractivity contribution in [1.82, 2.24) is 14.7 Å². The first-order valence-corrected chi connectivity index (χ1v) is 13.3. The number of piperidine rings is 1. The number of likely N-dealkylation sites (tertiary alicyclic amines) is 1. The summed E-state index contributed by atoms with van der Waals surface area (Å²) < 4.78 is 70.7. The van der Waals surface area contributed by atoms with Crippen molar-refractivity contribution in [3.8, 4) is 0 Å². The van der Waals surface area contributed by atoms with Crippen molar-refractivity contribution < 1.29 is 26.2 Å². The van der Waals surface area contributed by atoms with Crippen LogP contribution in [0.3, 0.4) is 0 Å². The van der Waals surface area contributed by atoms with Crippen LogP contribution in [0.2, 0.25) is 0 Å². The number of rotatable bonds is 6. The average molecular weight is 486 g/mol. The summed E-state index contributed by atoms with van der Waals surface area (Å²) in [6.07, 6.45) is 3.84. The maximum Gasteiger partial charge on any atom is 0.435 e. The highest BCUT2D eigenvalue weighted by atomic mass is 32.2. The van der Waals surface area contributed by atoms with Gasteiger partial charge < -0.3 is 4.90 Å². The van der Waals surface area contributed by atoms with Gasteiger partial charge in [0.25, 0.3) is 6.43 Å². The summed E-state index contributed by atoms with van der Waals surface area (Å²) in [6.45, 7) is 5.80. The van der Waals surface area contributed by atoms with E-state index in [4.69, 9.17) is 0 Å². The second kappa shape index (κ2) is 12.4. The van der Waals surface area contributed by atoms with Crippen LogP contribution in [0.15, 0.2) is 12.3 Å². The highest BCUT2D eigenvalue weighted by molar-refractivity contribution is 7.84. The number of hydrogen-bond donors (Lipinski definition) is 0. The zero-order chi connectivity index (χ0) is 23.9. The maximum absolute atomic E-state index is 11.9. The van der Waals surface area contributed by atoms with Crippen molar-refractivity contribution in [3.63, 3.8) is 0 Å². The molecule has 10 heteroatoms. The van der Waals surface area contributed by atoms with E-state index in [2.05, 4.69) is 10.00 Å². The standard InChI is InChI=1S/C14H25NOS.C6H5F5N2.C2H6/c1-17(16)6-4-11-3-2-5-15(10-11)14-8-12-7-13(12)9-14;7-5(8)3-13-2-1-4(12-13)6(9,10)11;1-2/h11-14H,2-10H2,1H3;1-2,5H,3H2;1-2H3. The summed E-state index contributed by atoms with van der Waals surface area (Å²) in [5.74, 6) is 3.94. The Labute approximate surface area is 190 Å². The van der Waals surface area contributed by atoms with Crippen molar-refractivity contribution in [1.29, 1.82) is 0 Å². The lowest BCUT2D eigenvalue weighted by Crippen LogP contribution is -2.42. The van der Waals surface area contributed by atoms with Gasteiger partial charge in [-0.25, -0.2) is 8.78 Å². The normalized spacial score (nSPS) is 28.3. The van der Waals surface area contributed by atoms with Crippen molar-refractivity contribution in [2.75, 3.05) is 25.1 Å². The van der Waals surface area contributed by atoms with Gasteiger partial charge in [-0.05, 0) is 68.9 Å². The first-order chi connectivity index (χ1) is 15.1. The van der Waals surface area contributed by atoms with Gasteiger partial charge in [-0.3, -0.25) is 8.89 Å². The minimum Gasteiger partial charge on any atom is -0.300 e. The van der Waals surface area contributed by atoms with Crippen LogP contribution < -0.4 is 0 Å². The first-order valence-electron chi connectivity index (χ1n) is 11.5. The van der Waals surface area contributed by atoms with Crippen molar-refractivity contribution in [2.24, 2.45) is 17.8 Å². The molecular weight excluding hydrogens is 449 g/mol. The molecule has 3 aliphatic rings. The molecule has 2 heterocycles. The van der Waals surface area contributed by atoms with Crippen LogP contribution in [0.4, 0.5) is 22.0 Å². The van der Waals surface area contributed by atoms with Gasteiger partial charge in [0.2, 0.25) is 0 Å². The van der Waals surface area contributed by atoms with Crippen LogP contribution in [0.5, 0.6) is 0 Å². The molecular formula is C22H36F5N3OS. The molecule has 0 bridgehead atoms. The molecule has 0 N–H and O–H groups in total. The van der Waals surface area contributed by atoms with Crippen LogP contribution in [-0.4, -0.2) is 56.5 Å². The smallest absolute Gasteiger partial charge is 0.300 e. The van der Waals surface area contributed by atoms with Crippen molar-refractivity contribution in [3.05, 3.63) is 18.0 Å². The van der Waals surface area contributed by atoms with E-state index in [0.717, 1.165) is 35.7 Å². The molecule has 0 aromatic carbocycles. The monoisotopic (exact) mass is 485 g/mol. The number of hydrogen-bond acceptors (Lipinski definition) is 3. The zero-order valence-corrected chi connectivity index (χ0v) is 20.0. The Balaban J connectivity index is 0.000000218. The highest BCUT2D eigenvalue weighted by Crippen LogP contribution is 2.53. The van der Waals surface area contributed by atoms with Crippen LogP contribution in [0, 0.1) is 17.8 Å². The van der Waals surface area contributed by atoms with Crippen LogP contribution in [0.25, 0.3) is 0 Å². The summed E-state index contributed by atoms with van der Waals surface area (Å²) >= 11 is 0. The lowest BCUT2D eigenvalue weighted by molar-refractivity contribution is -0.141. The lowest BCUT2D eigenvalue weighted by Gasteiger charge is -2.37. The Bertz CT molecular complexity index is 702. The topological polar surface area (TPSA) is 38.1 Å². The Kier molecular flexibility index (Phi) is 10.6. The van der Waals surface area contributed by atoms with Gasteiger partial charge in [-0.1, -0.05) is 13.8 Å². The number of alkyl halides is 5. The fourth-order valence-electron chi connectivity index (χ4n) is 4.73. The van der Waals surface area contributed by atoms with E-state index in [1.807, 2.05) is 20.1 Å². The van der Waals surface area contributed by atoms with Crippen molar-refractivity contribution in [2.45, 2.75) is 77.6 Å². The predicted molar refractivity (Wildman–Crippen MR) is 117 cm³/mol. The van der Waals surface area contributed by atoms with E-state index in [0.29, 0.717) is 10.7 Å². The summed E-state index contributed by atoms with van der Waals surface area (Å²) in [7, 11) is -0.598. The van der Waals surface area contributed by atoms with Gasteiger partial charge in [0, 0.05) is 41.6 Å². The Morgan fingerprint density at radius 1 is 1.19 bits per heavy atom. The number of nitrogens with zero attached hydrogens (tertiary/aromatic N) is 3. The van der Waals surface area contributed by atoms with Crippen LogP contribution in [-0.2, 0) is 23.5 Å². The zero-order valence-electron chi connectivity index (χ0n) is 19.2. The second-order valence-corrected chi connectivity index (χ2v) is 10.3. The summed E-state index contributed by atoms with van der Waals surface area (Å²) in [5, 5.41) is 2.93. The molecule has 2 saturated carbocycles. The summed E-state index contributed by atoms with van der Waals surface area (Å²) in [4.78, 5) is 2.76. The van der Waals surface area contributed by atoms with Crippen LogP contribution in [0.1, 0.15) is 58.1 Å². The predicted octanol–water partition coefficient (Wildman–Crippen LogP) is 5.46. The molecule has 32 heavy (non-hydrogen) atoms. The molecule has 4 rings (SSSR count). The van der Waals surface area contributed by atoms with E-state index < -0.39 is 35.6 Å². The molecule has 4 unspecified atom stereocenters. The van der Waals surface area contributed by atoms with Gasteiger partial charge >= 0.3 is 6.18 Å². The van der Waals surface area contributed by atoms with E-state index in [-0.39, 0.29) is 0 Å². The average Bonchev–Trinajstić information content (AvgIpc) is 3.12. The third kappa shape index (κ3) is 8.72. The van der Waals surface area contributed by atoms with Gasteiger partial charge in [0.1, 0.15) is 6.54 Å². The van der Waals surface area contributed by atoms with E-state index >= 15 is 0 Å². The third-order valence-electron chi connectivity index (χ3n) is 6.36. The fourth-order valence-corrected chi connectivity index (χ4v) is 5.40. The summed E-state index contributed by atoms with van der Waals surface area (Å²) in [6, 6.07) is 1.57. The van der Waals surface area contributed by atoms with E-state index in [9.17, 15) is 26.2 Å². The van der Waals surface area contributed by atoms with Gasteiger partial charge in [0.15, 0.2) is 5.69 Å². The first kappa shape index (κ1) is 27.2. The third-order valence-corrected chi connectivity index (χ3v) is 7.17. The SMILES string of the molecule is CC.CS(=O)CCC1CCCN(C2CC3CC3C2)C1.FC(F)Cn1ccc(C(F)(F)F)n1. The second-order valence-electron chi connectivity index (χ2n) is 8.76. The number of fused-ring (bicyclic) bond motifs is 1. The molecule has 0 radical (unpaired) electrons. The number of aromatic nitrogens is 2. The summed E-state index contributed by atoms with van der Waals surface area (Å²) in [5.41, 5.74) is -1.16. The lowest BCUT2D eigenvalue weighted by atomic mass is 9.93. The number of halogens is 5. The minimum atomic E-state index is -4.58. The quantitative estimate of drug-likeness (QED) is 0.503. The van der Waals surface area contributed by atoms with Crippen LogP contribution >= 0.6 is 0 Å². The molecule has 4 nitrogen and oxygen atoms in total. The van der Waals surface area contributed by atoms with Crippen molar-refractivity contribution >= 4 is 10.8 Å². The molecule has 1 aromatic heterocycles. The minimum absolute atomic E-state index is 0.563. The molecule has 1 aromatic rings. The molecule has 0 amide bonds. The molecule has 4 atom stereocenters. The molecule has 2 aliphatic carbocycles. The Hall–Kier alpha value is -1.03. The van der Waals surface area contributed by atoms with E-state index in [1.165, 1.54) is 51.6 Å². The molecule has 3 fully saturated rings. The molecule has 1 aliphatic heterocycles. The highest BCUT2D eigenvalue weighted by Gasteiger charge is 2.47. The van der Waals surface area contributed by atoms with Gasteiger partial charge in [-0.15, -0.1) is 0 Å².